The van der Waals surface area contributed by atoms with Gasteiger partial charge in [-0.05, 0) is 24.1 Å². The van der Waals surface area contributed by atoms with Crippen molar-refractivity contribution in [1.29, 1.82) is 0 Å². The fourth-order valence-corrected chi connectivity index (χ4v) is 1.29. The van der Waals surface area contributed by atoms with Crippen LogP contribution in [0.25, 0.3) is 0 Å². The van der Waals surface area contributed by atoms with Crippen LogP contribution < -0.4 is 0 Å². The topological polar surface area (TPSA) is 17.1 Å². The average molecular weight is 174 g/mol. The third-order valence-corrected chi connectivity index (χ3v) is 1.94. The van der Waals surface area contributed by atoms with Crippen LogP contribution >= 0.6 is 0 Å². The van der Waals surface area contributed by atoms with Gasteiger partial charge in [0.05, 0.1) is 0 Å². The first kappa shape index (κ1) is 9.72. The van der Waals surface area contributed by atoms with Crippen LogP contribution in [0, 0.1) is 0 Å². The smallest absolute Gasteiger partial charge is 0.185 e. The fraction of sp³-hybridized carbons (Fsp3) is 0.250. The Kier molecular flexibility index (Phi) is 3.44. The number of aryl methyl sites for hydroxylation is 1. The van der Waals surface area contributed by atoms with Gasteiger partial charge >= 0.3 is 0 Å². The Hall–Kier alpha value is -1.37. The first-order valence-corrected chi connectivity index (χ1v) is 4.53. The van der Waals surface area contributed by atoms with Gasteiger partial charge in [-0.2, -0.15) is 0 Å². The van der Waals surface area contributed by atoms with Crippen LogP contribution in [0.3, 0.4) is 0 Å². The van der Waals surface area contributed by atoms with E-state index < -0.39 is 0 Å². The van der Waals surface area contributed by atoms with Gasteiger partial charge in [-0.25, -0.2) is 0 Å². The van der Waals surface area contributed by atoms with Crippen LogP contribution in [0.5, 0.6) is 0 Å². The molecule has 0 heterocycles. The van der Waals surface area contributed by atoms with E-state index in [9.17, 15) is 4.79 Å². The molecule has 0 aliphatic heterocycles. The molecule has 13 heavy (non-hydrogen) atoms. The van der Waals surface area contributed by atoms with Crippen molar-refractivity contribution in [1.82, 2.24) is 0 Å². The third-order valence-electron chi connectivity index (χ3n) is 1.94. The lowest BCUT2D eigenvalue weighted by atomic mass is 10.0. The molecule has 0 fully saturated rings. The molecule has 0 amide bonds. The molecular weight excluding hydrogens is 160 g/mol. The van der Waals surface area contributed by atoms with Gasteiger partial charge in [-0.15, -0.1) is 0 Å². The second-order valence-electron chi connectivity index (χ2n) is 3.02. The Labute approximate surface area is 79.1 Å². The molecule has 1 rings (SSSR count). The van der Waals surface area contributed by atoms with Crippen molar-refractivity contribution in [3.05, 3.63) is 48.0 Å². The number of rotatable bonds is 4. The highest BCUT2D eigenvalue weighted by atomic mass is 16.1. The Morgan fingerprint density at radius 3 is 2.92 bits per heavy atom. The summed E-state index contributed by atoms with van der Waals surface area (Å²) < 4.78 is 0. The maximum Gasteiger partial charge on any atom is 0.185 e. The van der Waals surface area contributed by atoms with E-state index in [2.05, 4.69) is 13.5 Å². The van der Waals surface area contributed by atoms with E-state index in [1.165, 1.54) is 11.6 Å². The summed E-state index contributed by atoms with van der Waals surface area (Å²) in [5.41, 5.74) is 1.95. The van der Waals surface area contributed by atoms with Crippen LogP contribution in [0.4, 0.5) is 0 Å². The largest absolute Gasteiger partial charge is 0.289 e. The Morgan fingerprint density at radius 2 is 2.31 bits per heavy atom. The third kappa shape index (κ3) is 2.55. The molecule has 0 spiro atoms. The number of ketones is 1. The summed E-state index contributed by atoms with van der Waals surface area (Å²) in [5, 5.41) is 0. The molecule has 0 aromatic heterocycles. The molecule has 1 aromatic rings. The molecule has 0 saturated carbocycles. The molecule has 0 aliphatic rings. The summed E-state index contributed by atoms with van der Waals surface area (Å²) in [4.78, 5) is 11.3. The van der Waals surface area contributed by atoms with Gasteiger partial charge in [0.15, 0.2) is 5.78 Å². The van der Waals surface area contributed by atoms with Gasteiger partial charge in [0, 0.05) is 5.56 Å². The summed E-state index contributed by atoms with van der Waals surface area (Å²) >= 11 is 0. The highest BCUT2D eigenvalue weighted by Crippen LogP contribution is 2.08. The van der Waals surface area contributed by atoms with Crippen molar-refractivity contribution in [3.8, 4) is 0 Å². The average Bonchev–Trinajstić information content (AvgIpc) is 2.18. The molecule has 0 N–H and O–H groups in total. The lowest BCUT2D eigenvalue weighted by Gasteiger charge is -2.00. The first-order valence-electron chi connectivity index (χ1n) is 4.53. The highest BCUT2D eigenvalue weighted by molar-refractivity contribution is 6.04. The number of hydrogen-bond acceptors (Lipinski definition) is 1. The van der Waals surface area contributed by atoms with Gasteiger partial charge in [-0.1, -0.05) is 38.1 Å². The molecule has 1 nitrogen and oxygen atoms in total. The molecule has 0 aliphatic carbocycles. The van der Waals surface area contributed by atoms with Crippen molar-refractivity contribution >= 4 is 5.78 Å². The van der Waals surface area contributed by atoms with Crippen molar-refractivity contribution in [2.24, 2.45) is 0 Å². The SMILES string of the molecule is C=CC(=O)c1cccc(CCC)c1. The van der Waals surface area contributed by atoms with E-state index in [1.54, 1.807) is 0 Å². The van der Waals surface area contributed by atoms with Crippen LogP contribution in [0.2, 0.25) is 0 Å². The van der Waals surface area contributed by atoms with E-state index in [0.29, 0.717) is 0 Å². The molecule has 0 saturated heterocycles. The molecule has 0 bridgehead atoms. The van der Waals surface area contributed by atoms with Gasteiger partial charge in [0.25, 0.3) is 0 Å². The van der Waals surface area contributed by atoms with E-state index >= 15 is 0 Å². The minimum Gasteiger partial charge on any atom is -0.289 e. The van der Waals surface area contributed by atoms with Crippen LogP contribution in [-0.4, -0.2) is 5.78 Å². The summed E-state index contributed by atoms with van der Waals surface area (Å²) in [5.74, 6) is -0.00190. The molecular formula is C12H14O. The number of benzene rings is 1. The lowest BCUT2D eigenvalue weighted by molar-refractivity contribution is 0.104. The van der Waals surface area contributed by atoms with E-state index in [4.69, 9.17) is 0 Å². The normalized spacial score (nSPS) is 9.62. The quantitative estimate of drug-likeness (QED) is 0.506. The van der Waals surface area contributed by atoms with Gasteiger partial charge < -0.3 is 0 Å². The molecule has 1 heteroatoms. The minimum absolute atomic E-state index is 0.00190. The Morgan fingerprint density at radius 1 is 1.54 bits per heavy atom. The molecule has 0 radical (unpaired) electrons. The van der Waals surface area contributed by atoms with Gasteiger partial charge in [-0.3, -0.25) is 4.79 Å². The Balaban J connectivity index is 2.91. The maximum atomic E-state index is 11.3. The molecule has 0 unspecified atom stereocenters. The number of carbonyl (C=O) groups is 1. The molecule has 1 aromatic carbocycles. The lowest BCUT2D eigenvalue weighted by Crippen LogP contribution is -1.94. The number of carbonyl (C=O) groups excluding carboxylic acids is 1. The molecule has 0 atom stereocenters. The second kappa shape index (κ2) is 4.61. The van der Waals surface area contributed by atoms with Crippen LogP contribution in [0.15, 0.2) is 36.9 Å². The monoisotopic (exact) mass is 174 g/mol. The van der Waals surface area contributed by atoms with Crippen molar-refractivity contribution in [2.75, 3.05) is 0 Å². The number of hydrogen-bond donors (Lipinski definition) is 0. The van der Waals surface area contributed by atoms with Crippen LogP contribution in [0.1, 0.15) is 29.3 Å². The highest BCUT2D eigenvalue weighted by Gasteiger charge is 2.00. The zero-order chi connectivity index (χ0) is 9.68. The predicted octanol–water partition coefficient (Wildman–Crippen LogP) is 3.01. The molecule has 68 valence electrons. The zero-order valence-electron chi connectivity index (χ0n) is 7.92. The summed E-state index contributed by atoms with van der Waals surface area (Å²) in [6.07, 6.45) is 3.48. The van der Waals surface area contributed by atoms with E-state index in [-0.39, 0.29) is 5.78 Å². The zero-order valence-corrected chi connectivity index (χ0v) is 7.92. The first-order chi connectivity index (χ1) is 6.27. The minimum atomic E-state index is -0.00190. The van der Waals surface area contributed by atoms with Crippen molar-refractivity contribution in [2.45, 2.75) is 19.8 Å². The van der Waals surface area contributed by atoms with Gasteiger partial charge in [0.2, 0.25) is 0 Å². The summed E-state index contributed by atoms with van der Waals surface area (Å²) in [6, 6.07) is 7.72. The van der Waals surface area contributed by atoms with Crippen molar-refractivity contribution < 1.29 is 4.79 Å². The van der Waals surface area contributed by atoms with Gasteiger partial charge in [0.1, 0.15) is 0 Å². The fourth-order valence-electron chi connectivity index (χ4n) is 1.29. The van der Waals surface area contributed by atoms with E-state index in [1.807, 2.05) is 24.3 Å². The standard InChI is InChI=1S/C12H14O/c1-3-6-10-7-5-8-11(9-10)12(13)4-2/h4-5,7-9H,2-3,6H2,1H3. The number of allylic oxidation sites excluding steroid dienone is 1. The van der Waals surface area contributed by atoms with Crippen molar-refractivity contribution in [3.63, 3.8) is 0 Å². The van der Waals surface area contributed by atoms with E-state index in [0.717, 1.165) is 18.4 Å². The second-order valence-corrected chi connectivity index (χ2v) is 3.02. The maximum absolute atomic E-state index is 11.3. The Bertz CT molecular complexity index is 313. The van der Waals surface area contributed by atoms with Crippen LogP contribution in [-0.2, 0) is 6.42 Å². The summed E-state index contributed by atoms with van der Waals surface area (Å²) in [6.45, 7) is 5.59. The summed E-state index contributed by atoms with van der Waals surface area (Å²) in [7, 11) is 0. The predicted molar refractivity (Wildman–Crippen MR) is 55.0 cm³/mol.